The van der Waals surface area contributed by atoms with Crippen molar-refractivity contribution in [3.63, 3.8) is 0 Å². The smallest absolute Gasteiger partial charge is 0.267 e. The number of phenolic OH excluding ortho intramolecular Hbond substituents is 1. The van der Waals surface area contributed by atoms with Crippen molar-refractivity contribution in [1.29, 1.82) is 0 Å². The largest absolute Gasteiger partial charge is 0.507 e. The molecule has 5 rings (SSSR count). The van der Waals surface area contributed by atoms with E-state index < -0.39 is 5.82 Å². The fourth-order valence-corrected chi connectivity index (χ4v) is 6.45. The molecule has 0 unspecified atom stereocenters. The Balaban J connectivity index is 1.39. The summed E-state index contributed by atoms with van der Waals surface area (Å²) in [6.07, 6.45) is 8.88. The Labute approximate surface area is 204 Å². The minimum atomic E-state index is -0.642. The highest BCUT2D eigenvalue weighted by Gasteiger charge is 2.47. The lowest BCUT2D eigenvalue weighted by atomic mass is 9.55. The maximum atomic E-state index is 15.1. The zero-order chi connectivity index (χ0) is 25.0. The molecule has 0 amide bonds. The number of hydrogen-bond acceptors (Lipinski definition) is 6. The van der Waals surface area contributed by atoms with Gasteiger partial charge in [-0.1, -0.05) is 20.3 Å². The standard InChI is InChI=1S/C27H32FN5O2/c1-26-8-5-9-27(2,16-26)14-19(13-26)32(3)23-7-6-21(30-31-23)25-20(28)10-17(11-22(25)34)18-12-24(35)33(4)29-15-18/h6-7,10-12,15,19,34H,5,8-9,13-14,16H2,1-4H3/t19-,26-,27+. The van der Waals surface area contributed by atoms with Gasteiger partial charge in [-0.3, -0.25) is 4.79 Å². The second-order valence-corrected chi connectivity index (χ2v) is 11.2. The van der Waals surface area contributed by atoms with Gasteiger partial charge in [0, 0.05) is 31.8 Å². The number of aryl methyl sites for hydroxylation is 1. The normalized spacial score (nSPS) is 25.9. The van der Waals surface area contributed by atoms with E-state index in [4.69, 9.17) is 0 Å². The van der Waals surface area contributed by atoms with Gasteiger partial charge in [0.1, 0.15) is 11.6 Å². The second-order valence-electron chi connectivity index (χ2n) is 11.2. The Morgan fingerprint density at radius 2 is 1.80 bits per heavy atom. The number of nitrogens with zero attached hydrogens (tertiary/aromatic N) is 5. The predicted molar refractivity (Wildman–Crippen MR) is 134 cm³/mol. The number of hydrogen-bond donors (Lipinski definition) is 1. The molecule has 0 saturated heterocycles. The molecule has 0 aliphatic heterocycles. The van der Waals surface area contributed by atoms with Crippen LogP contribution in [-0.4, -0.2) is 38.2 Å². The highest BCUT2D eigenvalue weighted by atomic mass is 19.1. The number of halogens is 1. The van der Waals surface area contributed by atoms with Crippen LogP contribution >= 0.6 is 0 Å². The molecule has 0 radical (unpaired) electrons. The average Bonchev–Trinajstić information content (AvgIpc) is 2.79. The summed E-state index contributed by atoms with van der Waals surface area (Å²) in [7, 11) is 3.60. The summed E-state index contributed by atoms with van der Waals surface area (Å²) in [4.78, 5) is 14.1. The van der Waals surface area contributed by atoms with E-state index >= 15 is 4.39 Å². The van der Waals surface area contributed by atoms with Crippen LogP contribution < -0.4 is 10.5 Å². The van der Waals surface area contributed by atoms with Crippen LogP contribution in [0.3, 0.4) is 0 Å². The number of fused-ring (bicyclic) bond motifs is 2. The summed E-state index contributed by atoms with van der Waals surface area (Å²) in [5.74, 6) is -0.164. The van der Waals surface area contributed by atoms with Crippen LogP contribution in [0.1, 0.15) is 52.4 Å². The van der Waals surface area contributed by atoms with E-state index in [1.807, 2.05) is 6.07 Å². The van der Waals surface area contributed by atoms with Crippen LogP contribution in [0.5, 0.6) is 5.75 Å². The first-order chi connectivity index (χ1) is 16.6. The fraction of sp³-hybridized carbons (Fsp3) is 0.481. The second kappa shape index (κ2) is 8.43. The number of anilines is 1. The van der Waals surface area contributed by atoms with Crippen LogP contribution in [0.25, 0.3) is 22.4 Å². The van der Waals surface area contributed by atoms with Crippen molar-refractivity contribution in [1.82, 2.24) is 20.0 Å². The summed E-state index contributed by atoms with van der Waals surface area (Å²) >= 11 is 0. The van der Waals surface area contributed by atoms with Gasteiger partial charge in [-0.05, 0) is 72.8 Å². The zero-order valence-corrected chi connectivity index (χ0v) is 20.8. The molecule has 184 valence electrons. The molecule has 2 aliphatic rings. The van der Waals surface area contributed by atoms with Crippen molar-refractivity contribution in [3.8, 4) is 28.1 Å². The lowest BCUT2D eigenvalue weighted by molar-refractivity contribution is 0.0141. The number of benzene rings is 1. The molecule has 0 spiro atoms. The molecule has 2 saturated carbocycles. The number of aromatic hydroxyl groups is 1. The van der Waals surface area contributed by atoms with Crippen molar-refractivity contribution in [2.45, 2.75) is 58.4 Å². The van der Waals surface area contributed by atoms with E-state index in [1.54, 1.807) is 6.07 Å². The predicted octanol–water partition coefficient (Wildman–Crippen LogP) is 4.93. The SMILES string of the molecule is CN(c1ccc(-c2c(O)cc(-c3cnn(C)c(=O)c3)cc2F)nn1)[C@H]1C[C@]2(C)CCC[C@](C)(C1)C2. The van der Waals surface area contributed by atoms with Crippen molar-refractivity contribution < 1.29 is 9.50 Å². The van der Waals surface area contributed by atoms with Crippen LogP contribution in [0.4, 0.5) is 10.2 Å². The van der Waals surface area contributed by atoms with Crippen molar-refractivity contribution in [3.05, 3.63) is 52.7 Å². The summed E-state index contributed by atoms with van der Waals surface area (Å²) in [5, 5.41) is 23.2. The van der Waals surface area contributed by atoms with Gasteiger partial charge in [0.05, 0.1) is 17.5 Å². The van der Waals surface area contributed by atoms with E-state index in [1.165, 1.54) is 61.8 Å². The van der Waals surface area contributed by atoms with Gasteiger partial charge in [-0.15, -0.1) is 10.2 Å². The van der Waals surface area contributed by atoms with E-state index in [9.17, 15) is 9.90 Å². The first-order valence-corrected chi connectivity index (χ1v) is 12.2. The molecule has 1 N–H and O–H groups in total. The molecule has 3 atom stereocenters. The highest BCUT2D eigenvalue weighted by Crippen LogP contribution is 2.56. The van der Waals surface area contributed by atoms with Gasteiger partial charge in [0.2, 0.25) is 0 Å². The summed E-state index contributed by atoms with van der Waals surface area (Å²) < 4.78 is 16.3. The van der Waals surface area contributed by atoms with E-state index in [-0.39, 0.29) is 22.6 Å². The highest BCUT2D eigenvalue weighted by molar-refractivity contribution is 5.74. The van der Waals surface area contributed by atoms with Crippen LogP contribution in [0, 0.1) is 16.6 Å². The Morgan fingerprint density at radius 1 is 1.09 bits per heavy atom. The third-order valence-electron chi connectivity index (χ3n) is 8.06. The minimum absolute atomic E-state index is 0.0144. The molecule has 2 aliphatic carbocycles. The minimum Gasteiger partial charge on any atom is -0.507 e. The monoisotopic (exact) mass is 477 g/mol. The van der Waals surface area contributed by atoms with Gasteiger partial charge in [0.25, 0.3) is 5.56 Å². The number of phenols is 1. The molecule has 35 heavy (non-hydrogen) atoms. The van der Waals surface area contributed by atoms with Crippen molar-refractivity contribution >= 4 is 5.82 Å². The first-order valence-electron chi connectivity index (χ1n) is 12.2. The molecule has 8 heteroatoms. The Morgan fingerprint density at radius 3 is 2.40 bits per heavy atom. The molecule has 2 aromatic heterocycles. The number of rotatable bonds is 4. The maximum Gasteiger partial charge on any atom is 0.267 e. The molecule has 7 nitrogen and oxygen atoms in total. The quantitative estimate of drug-likeness (QED) is 0.573. The maximum absolute atomic E-state index is 15.1. The lowest BCUT2D eigenvalue weighted by Crippen LogP contribution is -2.49. The summed E-state index contributed by atoms with van der Waals surface area (Å²) in [6, 6.07) is 7.97. The first kappa shape index (κ1) is 23.5. The van der Waals surface area contributed by atoms with Gasteiger partial charge < -0.3 is 10.0 Å². The van der Waals surface area contributed by atoms with Gasteiger partial charge in [0.15, 0.2) is 5.82 Å². The van der Waals surface area contributed by atoms with Crippen molar-refractivity contribution in [2.75, 3.05) is 11.9 Å². The molecular weight excluding hydrogens is 445 g/mol. The zero-order valence-electron chi connectivity index (χ0n) is 20.8. The fourth-order valence-electron chi connectivity index (χ4n) is 6.45. The lowest BCUT2D eigenvalue weighted by Gasteiger charge is -2.54. The van der Waals surface area contributed by atoms with Gasteiger partial charge in [-0.2, -0.15) is 5.10 Å². The van der Waals surface area contributed by atoms with Crippen molar-refractivity contribution in [2.24, 2.45) is 17.9 Å². The molecule has 2 bridgehead atoms. The van der Waals surface area contributed by atoms with Gasteiger partial charge >= 0.3 is 0 Å². The van der Waals surface area contributed by atoms with Gasteiger partial charge in [-0.25, -0.2) is 9.07 Å². The van der Waals surface area contributed by atoms with E-state index in [2.05, 4.69) is 41.1 Å². The Hall–Kier alpha value is -3.29. The van der Waals surface area contributed by atoms with Crippen LogP contribution in [-0.2, 0) is 7.05 Å². The Kier molecular flexibility index (Phi) is 5.65. The third-order valence-corrected chi connectivity index (χ3v) is 8.06. The average molecular weight is 478 g/mol. The molecule has 1 aromatic carbocycles. The molecular formula is C27H32FN5O2. The topological polar surface area (TPSA) is 84.1 Å². The summed E-state index contributed by atoms with van der Waals surface area (Å²) in [5.41, 5.74) is 1.45. The summed E-state index contributed by atoms with van der Waals surface area (Å²) in [6.45, 7) is 4.83. The van der Waals surface area contributed by atoms with Crippen LogP contribution in [0.15, 0.2) is 41.3 Å². The van der Waals surface area contributed by atoms with Crippen LogP contribution in [0.2, 0.25) is 0 Å². The number of aromatic nitrogens is 4. The third kappa shape index (κ3) is 4.42. The molecule has 2 fully saturated rings. The molecule has 3 aromatic rings. The Bertz CT molecular complexity index is 1280. The van der Waals surface area contributed by atoms with E-state index in [0.717, 1.165) is 18.7 Å². The molecule has 2 heterocycles. The van der Waals surface area contributed by atoms with E-state index in [0.29, 0.717) is 28.0 Å².